The summed E-state index contributed by atoms with van der Waals surface area (Å²) in [6, 6.07) is 0.900. The molecule has 1 heterocycles. The van der Waals surface area contributed by atoms with Crippen molar-refractivity contribution >= 4 is 0 Å². The van der Waals surface area contributed by atoms with Crippen LogP contribution < -0.4 is 5.32 Å². The third-order valence-electron chi connectivity index (χ3n) is 3.61. The van der Waals surface area contributed by atoms with Crippen LogP contribution >= 0.6 is 0 Å². The summed E-state index contributed by atoms with van der Waals surface area (Å²) >= 11 is 0. The monoisotopic (exact) mass is 223 g/mol. The summed E-state index contributed by atoms with van der Waals surface area (Å²) in [7, 11) is 2.02. The standard InChI is InChI=1S/C13H25N3/c1-7-12-9(3)15-16(10(12)4)11(5)13(8-2)14-6/h11,13-14H,7-8H2,1-6H3. The highest BCUT2D eigenvalue weighted by Crippen LogP contribution is 2.20. The van der Waals surface area contributed by atoms with Crippen LogP contribution in [0.5, 0.6) is 0 Å². The second-order valence-corrected chi connectivity index (χ2v) is 4.49. The number of rotatable bonds is 5. The molecule has 2 unspecified atom stereocenters. The van der Waals surface area contributed by atoms with Gasteiger partial charge in [0.15, 0.2) is 0 Å². The summed E-state index contributed by atoms with van der Waals surface area (Å²) in [5.41, 5.74) is 3.90. The van der Waals surface area contributed by atoms with Gasteiger partial charge in [0.2, 0.25) is 0 Å². The molecule has 1 aromatic rings. The number of aryl methyl sites for hydroxylation is 1. The second kappa shape index (κ2) is 5.48. The van der Waals surface area contributed by atoms with Crippen LogP contribution in [0, 0.1) is 13.8 Å². The van der Waals surface area contributed by atoms with Gasteiger partial charge in [-0.15, -0.1) is 0 Å². The molecule has 0 saturated carbocycles. The first-order valence-corrected chi connectivity index (χ1v) is 6.28. The Kier molecular flexibility index (Phi) is 4.54. The van der Waals surface area contributed by atoms with Crippen molar-refractivity contribution in [2.75, 3.05) is 7.05 Å². The van der Waals surface area contributed by atoms with Crippen molar-refractivity contribution < 1.29 is 0 Å². The number of aromatic nitrogens is 2. The largest absolute Gasteiger partial charge is 0.315 e. The second-order valence-electron chi connectivity index (χ2n) is 4.49. The fourth-order valence-corrected chi connectivity index (χ4v) is 2.56. The van der Waals surface area contributed by atoms with Crippen LogP contribution in [0.4, 0.5) is 0 Å². The van der Waals surface area contributed by atoms with Crippen molar-refractivity contribution in [3.63, 3.8) is 0 Å². The Morgan fingerprint density at radius 2 is 1.94 bits per heavy atom. The Morgan fingerprint density at radius 3 is 2.31 bits per heavy atom. The van der Waals surface area contributed by atoms with Crippen molar-refractivity contribution in [1.82, 2.24) is 15.1 Å². The molecular weight excluding hydrogens is 198 g/mol. The van der Waals surface area contributed by atoms with Crippen molar-refractivity contribution in [3.05, 3.63) is 17.0 Å². The molecule has 0 aliphatic carbocycles. The predicted octanol–water partition coefficient (Wildman–Crippen LogP) is 2.62. The van der Waals surface area contributed by atoms with Gasteiger partial charge in [0.1, 0.15) is 0 Å². The minimum Gasteiger partial charge on any atom is -0.315 e. The van der Waals surface area contributed by atoms with Crippen molar-refractivity contribution in [1.29, 1.82) is 0 Å². The Labute approximate surface area is 99.2 Å². The molecule has 3 nitrogen and oxygen atoms in total. The van der Waals surface area contributed by atoms with E-state index >= 15 is 0 Å². The zero-order chi connectivity index (χ0) is 12.3. The van der Waals surface area contributed by atoms with E-state index < -0.39 is 0 Å². The van der Waals surface area contributed by atoms with Crippen LogP contribution in [0.3, 0.4) is 0 Å². The lowest BCUT2D eigenvalue weighted by molar-refractivity contribution is 0.349. The highest BCUT2D eigenvalue weighted by Gasteiger charge is 2.20. The molecule has 1 aromatic heterocycles. The molecule has 0 aromatic carbocycles. The fourth-order valence-electron chi connectivity index (χ4n) is 2.56. The maximum absolute atomic E-state index is 4.67. The lowest BCUT2D eigenvalue weighted by Crippen LogP contribution is -2.34. The van der Waals surface area contributed by atoms with Gasteiger partial charge in [-0.25, -0.2) is 0 Å². The van der Waals surface area contributed by atoms with Gasteiger partial charge in [-0.2, -0.15) is 5.10 Å². The van der Waals surface area contributed by atoms with Gasteiger partial charge in [0.05, 0.1) is 11.7 Å². The summed E-state index contributed by atoms with van der Waals surface area (Å²) in [4.78, 5) is 0. The van der Waals surface area contributed by atoms with Gasteiger partial charge >= 0.3 is 0 Å². The third kappa shape index (κ3) is 2.29. The highest BCUT2D eigenvalue weighted by atomic mass is 15.3. The molecule has 0 spiro atoms. The molecule has 0 saturated heterocycles. The molecule has 16 heavy (non-hydrogen) atoms. The van der Waals surface area contributed by atoms with E-state index in [1.165, 1.54) is 17.0 Å². The number of hydrogen-bond acceptors (Lipinski definition) is 2. The quantitative estimate of drug-likeness (QED) is 0.831. The van der Waals surface area contributed by atoms with E-state index in [1.807, 2.05) is 7.05 Å². The first kappa shape index (κ1) is 13.2. The Hall–Kier alpha value is -0.830. The molecule has 0 bridgehead atoms. The molecule has 1 N–H and O–H groups in total. The Morgan fingerprint density at radius 1 is 1.31 bits per heavy atom. The van der Waals surface area contributed by atoms with E-state index in [9.17, 15) is 0 Å². The van der Waals surface area contributed by atoms with E-state index in [2.05, 4.69) is 49.7 Å². The van der Waals surface area contributed by atoms with Gasteiger partial charge in [0, 0.05) is 11.7 Å². The zero-order valence-corrected chi connectivity index (χ0v) is 11.5. The van der Waals surface area contributed by atoms with Crippen molar-refractivity contribution in [2.45, 2.75) is 59.5 Å². The van der Waals surface area contributed by atoms with Crippen LogP contribution in [-0.4, -0.2) is 22.9 Å². The van der Waals surface area contributed by atoms with Gasteiger partial charge in [-0.05, 0) is 46.2 Å². The number of nitrogens with zero attached hydrogens (tertiary/aromatic N) is 2. The first-order chi connectivity index (χ1) is 7.56. The van der Waals surface area contributed by atoms with E-state index in [-0.39, 0.29) is 0 Å². The molecule has 2 atom stereocenters. The molecule has 3 heteroatoms. The maximum Gasteiger partial charge on any atom is 0.0647 e. The highest BCUT2D eigenvalue weighted by molar-refractivity contribution is 5.24. The van der Waals surface area contributed by atoms with Gasteiger partial charge in [-0.1, -0.05) is 13.8 Å². The first-order valence-electron chi connectivity index (χ1n) is 6.28. The van der Waals surface area contributed by atoms with Crippen LogP contribution in [0.25, 0.3) is 0 Å². The molecule has 0 aliphatic heterocycles. The summed E-state index contributed by atoms with van der Waals surface area (Å²) in [6.45, 7) is 10.9. The minimum atomic E-state index is 0.411. The van der Waals surface area contributed by atoms with Crippen LogP contribution in [0.1, 0.15) is 50.2 Å². The lowest BCUT2D eigenvalue weighted by atomic mass is 10.1. The number of nitrogens with one attached hydrogen (secondary N) is 1. The predicted molar refractivity (Wildman–Crippen MR) is 68.9 cm³/mol. The van der Waals surface area contributed by atoms with Crippen LogP contribution in [0.2, 0.25) is 0 Å². The van der Waals surface area contributed by atoms with E-state index in [0.29, 0.717) is 12.1 Å². The van der Waals surface area contributed by atoms with Gasteiger partial charge < -0.3 is 5.32 Å². The molecular formula is C13H25N3. The third-order valence-corrected chi connectivity index (χ3v) is 3.61. The number of hydrogen-bond donors (Lipinski definition) is 1. The Balaban J connectivity index is 3.04. The summed E-state index contributed by atoms with van der Waals surface area (Å²) in [5, 5.41) is 8.04. The Bertz CT molecular complexity index is 337. The SMILES string of the molecule is CCc1c(C)nn(C(C)C(CC)NC)c1C. The normalized spacial score (nSPS) is 15.1. The molecule has 0 amide bonds. The fraction of sp³-hybridized carbons (Fsp3) is 0.769. The summed E-state index contributed by atoms with van der Waals surface area (Å²) in [6.07, 6.45) is 2.19. The minimum absolute atomic E-state index is 0.411. The average molecular weight is 223 g/mol. The van der Waals surface area contributed by atoms with Crippen LogP contribution in [0.15, 0.2) is 0 Å². The zero-order valence-electron chi connectivity index (χ0n) is 11.5. The van der Waals surface area contributed by atoms with Gasteiger partial charge in [0.25, 0.3) is 0 Å². The maximum atomic E-state index is 4.67. The van der Waals surface area contributed by atoms with Crippen molar-refractivity contribution in [2.24, 2.45) is 0 Å². The smallest absolute Gasteiger partial charge is 0.0647 e. The lowest BCUT2D eigenvalue weighted by Gasteiger charge is -2.24. The molecule has 92 valence electrons. The molecule has 0 radical (unpaired) electrons. The molecule has 0 fully saturated rings. The van der Waals surface area contributed by atoms with Crippen LogP contribution in [-0.2, 0) is 6.42 Å². The topological polar surface area (TPSA) is 29.9 Å². The van der Waals surface area contributed by atoms with E-state index in [4.69, 9.17) is 0 Å². The summed E-state index contributed by atoms with van der Waals surface area (Å²) < 4.78 is 2.18. The van der Waals surface area contributed by atoms with E-state index in [1.54, 1.807) is 0 Å². The van der Waals surface area contributed by atoms with Crippen molar-refractivity contribution in [3.8, 4) is 0 Å². The van der Waals surface area contributed by atoms with E-state index in [0.717, 1.165) is 12.8 Å². The molecule has 0 aliphatic rings. The van der Waals surface area contributed by atoms with Gasteiger partial charge in [-0.3, -0.25) is 4.68 Å². The molecule has 1 rings (SSSR count). The number of likely N-dealkylation sites (N-methyl/N-ethyl adjacent to an activating group) is 1. The average Bonchev–Trinajstić information content (AvgIpc) is 2.55. The summed E-state index contributed by atoms with van der Waals surface area (Å²) in [5.74, 6) is 0.